The van der Waals surface area contributed by atoms with Crippen molar-refractivity contribution in [3.8, 4) is 0 Å². The Balaban J connectivity index is 2.32. The molecule has 84 valence electrons. The first-order valence-corrected chi connectivity index (χ1v) is 4.46. The van der Waals surface area contributed by atoms with Gasteiger partial charge in [0, 0.05) is 6.04 Å². The van der Waals surface area contributed by atoms with Crippen molar-refractivity contribution in [3.63, 3.8) is 0 Å². The van der Waals surface area contributed by atoms with Crippen molar-refractivity contribution in [3.05, 3.63) is 0 Å². The van der Waals surface area contributed by atoms with Crippen molar-refractivity contribution >= 4 is 0 Å². The van der Waals surface area contributed by atoms with Gasteiger partial charge in [0.25, 0.3) is 0 Å². The van der Waals surface area contributed by atoms with Crippen LogP contribution in [-0.2, 0) is 4.74 Å². The van der Waals surface area contributed by atoms with E-state index in [0.29, 0.717) is 12.8 Å². The minimum Gasteiger partial charge on any atom is -0.370 e. The van der Waals surface area contributed by atoms with Crippen LogP contribution in [0.2, 0.25) is 0 Å². The lowest BCUT2D eigenvalue weighted by Gasteiger charge is -2.20. The maximum Gasteiger partial charge on any atom is 0.330 e. The van der Waals surface area contributed by atoms with Gasteiger partial charge in [-0.25, -0.2) is 8.78 Å². The zero-order valence-corrected chi connectivity index (χ0v) is 7.56. The van der Waals surface area contributed by atoms with E-state index in [4.69, 9.17) is 5.73 Å². The maximum atomic E-state index is 12.4. The molecule has 2 N–H and O–H groups in total. The molecule has 0 aliphatic heterocycles. The van der Waals surface area contributed by atoms with Crippen LogP contribution >= 0.6 is 0 Å². The van der Waals surface area contributed by atoms with Gasteiger partial charge in [0.2, 0.25) is 0 Å². The van der Waals surface area contributed by atoms with Gasteiger partial charge in [-0.15, -0.1) is 0 Å². The summed E-state index contributed by atoms with van der Waals surface area (Å²) >= 11 is 0. The first-order valence-electron chi connectivity index (χ1n) is 4.46. The molecule has 1 fully saturated rings. The van der Waals surface area contributed by atoms with E-state index in [1.165, 1.54) is 0 Å². The van der Waals surface area contributed by atoms with Crippen molar-refractivity contribution < 1.29 is 22.3 Å². The highest BCUT2D eigenvalue weighted by atomic mass is 19.3. The molecule has 2 atom stereocenters. The van der Waals surface area contributed by atoms with Gasteiger partial charge in [-0.05, 0) is 19.3 Å². The maximum absolute atomic E-state index is 12.4. The molecule has 0 saturated heterocycles. The molecule has 0 bridgehead atoms. The summed E-state index contributed by atoms with van der Waals surface area (Å²) in [6.45, 7) is -1.25. The molecule has 14 heavy (non-hydrogen) atoms. The molecule has 0 heterocycles. The number of hydrogen-bond acceptors (Lipinski definition) is 2. The van der Waals surface area contributed by atoms with E-state index in [1.54, 1.807) is 0 Å². The van der Waals surface area contributed by atoms with Crippen LogP contribution in [0.5, 0.6) is 0 Å². The number of halogens is 4. The second-order valence-electron chi connectivity index (χ2n) is 3.51. The van der Waals surface area contributed by atoms with Gasteiger partial charge in [0.15, 0.2) is 0 Å². The molecule has 1 saturated carbocycles. The monoisotopic (exact) mass is 215 g/mol. The molecular formula is C8H13F4NO. The number of rotatable bonds is 4. The quantitative estimate of drug-likeness (QED) is 0.725. The molecule has 0 spiro atoms. The van der Waals surface area contributed by atoms with E-state index in [-0.39, 0.29) is 6.04 Å². The first-order chi connectivity index (χ1) is 6.43. The summed E-state index contributed by atoms with van der Waals surface area (Å²) in [6, 6.07) is -0.302. The zero-order valence-electron chi connectivity index (χ0n) is 7.56. The fourth-order valence-electron chi connectivity index (χ4n) is 1.44. The van der Waals surface area contributed by atoms with Crippen LogP contribution in [0.3, 0.4) is 0 Å². The van der Waals surface area contributed by atoms with Crippen molar-refractivity contribution in [2.24, 2.45) is 5.73 Å². The van der Waals surface area contributed by atoms with Gasteiger partial charge in [-0.3, -0.25) is 0 Å². The van der Waals surface area contributed by atoms with Crippen molar-refractivity contribution in [2.45, 2.75) is 43.8 Å². The van der Waals surface area contributed by atoms with Crippen LogP contribution in [0, 0.1) is 0 Å². The van der Waals surface area contributed by atoms with Gasteiger partial charge >= 0.3 is 12.3 Å². The molecule has 0 radical (unpaired) electrons. The van der Waals surface area contributed by atoms with E-state index < -0.39 is 25.1 Å². The third-order valence-electron chi connectivity index (χ3n) is 2.31. The molecule has 1 aliphatic rings. The molecule has 0 aromatic carbocycles. The molecule has 1 rings (SSSR count). The van der Waals surface area contributed by atoms with E-state index in [0.717, 1.165) is 6.42 Å². The van der Waals surface area contributed by atoms with Crippen LogP contribution in [-0.4, -0.2) is 31.1 Å². The fourth-order valence-corrected chi connectivity index (χ4v) is 1.44. The second-order valence-corrected chi connectivity index (χ2v) is 3.51. The fraction of sp³-hybridized carbons (Fsp3) is 1.00. The molecule has 0 aromatic rings. The molecule has 0 amide bonds. The highest BCUT2D eigenvalue weighted by Crippen LogP contribution is 2.26. The van der Waals surface area contributed by atoms with E-state index in [9.17, 15) is 17.6 Å². The molecular weight excluding hydrogens is 202 g/mol. The Morgan fingerprint density at radius 3 is 2.43 bits per heavy atom. The lowest BCUT2D eigenvalue weighted by molar-refractivity contribution is -0.176. The molecule has 0 aromatic heterocycles. The minimum absolute atomic E-state index is 0.302. The van der Waals surface area contributed by atoms with Crippen LogP contribution in [0.4, 0.5) is 17.6 Å². The summed E-state index contributed by atoms with van der Waals surface area (Å²) in [5.74, 6) is -4.07. The molecule has 1 aliphatic carbocycles. The van der Waals surface area contributed by atoms with E-state index >= 15 is 0 Å². The summed E-state index contributed by atoms with van der Waals surface area (Å²) in [4.78, 5) is 0. The number of nitrogens with two attached hydrogens (primary N) is 1. The predicted molar refractivity (Wildman–Crippen MR) is 42.5 cm³/mol. The van der Waals surface area contributed by atoms with Gasteiger partial charge in [-0.2, -0.15) is 8.78 Å². The van der Waals surface area contributed by atoms with Crippen LogP contribution in [0.15, 0.2) is 0 Å². The normalized spacial score (nSPS) is 28.7. The topological polar surface area (TPSA) is 35.2 Å². The van der Waals surface area contributed by atoms with E-state index in [2.05, 4.69) is 4.74 Å². The van der Waals surface area contributed by atoms with Gasteiger partial charge in [0.1, 0.15) is 6.61 Å². The Morgan fingerprint density at radius 1 is 1.36 bits per heavy atom. The third-order valence-corrected chi connectivity index (χ3v) is 2.31. The average Bonchev–Trinajstić information content (AvgIpc) is 2.47. The first kappa shape index (κ1) is 11.7. The molecule has 6 heteroatoms. The Bertz CT molecular complexity index is 188. The Labute approximate surface area is 79.4 Å². The Morgan fingerprint density at radius 2 is 2.00 bits per heavy atom. The van der Waals surface area contributed by atoms with Crippen LogP contribution in [0.1, 0.15) is 19.3 Å². The summed E-state index contributed by atoms with van der Waals surface area (Å²) in [5, 5.41) is 0. The smallest absolute Gasteiger partial charge is 0.330 e. The lowest BCUT2D eigenvalue weighted by atomic mass is 10.2. The number of alkyl halides is 4. The summed E-state index contributed by atoms with van der Waals surface area (Å²) in [6.07, 6.45) is -2.11. The van der Waals surface area contributed by atoms with Gasteiger partial charge in [-0.1, -0.05) is 0 Å². The van der Waals surface area contributed by atoms with Crippen LogP contribution in [0.25, 0.3) is 0 Å². The standard InChI is InChI=1S/C8H13F4NO/c9-7(10)8(11,12)4-14-6-3-1-2-5(6)13/h5-7H,1-4,13H2. The second kappa shape index (κ2) is 4.44. The van der Waals surface area contributed by atoms with Gasteiger partial charge in [0.05, 0.1) is 6.10 Å². The Hall–Kier alpha value is -0.360. The van der Waals surface area contributed by atoms with Gasteiger partial charge < -0.3 is 10.5 Å². The average molecular weight is 215 g/mol. The van der Waals surface area contributed by atoms with Crippen molar-refractivity contribution in [1.82, 2.24) is 0 Å². The van der Waals surface area contributed by atoms with Crippen molar-refractivity contribution in [2.75, 3.05) is 6.61 Å². The highest BCUT2D eigenvalue weighted by Gasteiger charge is 2.42. The largest absolute Gasteiger partial charge is 0.370 e. The predicted octanol–water partition coefficient (Wildman–Crippen LogP) is 1.78. The zero-order chi connectivity index (χ0) is 10.8. The highest BCUT2D eigenvalue weighted by molar-refractivity contribution is 4.82. The molecule has 2 unspecified atom stereocenters. The number of hydrogen-bond donors (Lipinski definition) is 1. The minimum atomic E-state index is -4.07. The number of ether oxygens (including phenoxy) is 1. The van der Waals surface area contributed by atoms with E-state index in [1.807, 2.05) is 0 Å². The molecule has 2 nitrogen and oxygen atoms in total. The Kier molecular flexibility index (Phi) is 3.71. The summed E-state index contributed by atoms with van der Waals surface area (Å²) in [5.41, 5.74) is 5.53. The van der Waals surface area contributed by atoms with Crippen LogP contribution < -0.4 is 5.73 Å². The SMILES string of the molecule is NC1CCCC1OCC(F)(F)C(F)F. The third kappa shape index (κ3) is 2.81. The lowest BCUT2D eigenvalue weighted by Crippen LogP contribution is -2.38. The summed E-state index contributed by atoms with van der Waals surface area (Å²) in [7, 11) is 0. The van der Waals surface area contributed by atoms with Crippen molar-refractivity contribution in [1.29, 1.82) is 0 Å². The summed E-state index contributed by atoms with van der Waals surface area (Å²) < 4.78 is 53.0.